The Hall–Kier alpha value is 0.240. The van der Waals surface area contributed by atoms with E-state index in [9.17, 15) is 4.39 Å². The van der Waals surface area contributed by atoms with E-state index in [-0.39, 0.29) is 6.67 Å². The van der Waals surface area contributed by atoms with Gasteiger partial charge in [-0.25, -0.2) is 0 Å². The Labute approximate surface area is 84.9 Å². The highest BCUT2D eigenvalue weighted by atomic mass is 32.2. The summed E-state index contributed by atoms with van der Waals surface area (Å²) in [6.07, 6.45) is 4.57. The SMILES string of the molecule is CCSC1CCC(NCCCF)C1. The minimum Gasteiger partial charge on any atom is -0.314 e. The zero-order chi connectivity index (χ0) is 9.52. The molecule has 1 nitrogen and oxygen atoms in total. The summed E-state index contributed by atoms with van der Waals surface area (Å²) in [5.74, 6) is 1.22. The first-order valence-corrected chi connectivity index (χ1v) is 6.32. The van der Waals surface area contributed by atoms with Crippen LogP contribution in [-0.2, 0) is 0 Å². The van der Waals surface area contributed by atoms with E-state index in [1.807, 2.05) is 0 Å². The van der Waals surface area contributed by atoms with Crippen LogP contribution in [0, 0.1) is 0 Å². The second kappa shape index (κ2) is 6.66. The van der Waals surface area contributed by atoms with Gasteiger partial charge in [-0.3, -0.25) is 4.39 Å². The van der Waals surface area contributed by atoms with Crippen LogP contribution in [0.15, 0.2) is 0 Å². The fraction of sp³-hybridized carbons (Fsp3) is 1.00. The molecular formula is C10H20FNS. The topological polar surface area (TPSA) is 12.0 Å². The van der Waals surface area contributed by atoms with Crippen molar-refractivity contribution in [2.24, 2.45) is 0 Å². The van der Waals surface area contributed by atoms with Crippen molar-refractivity contribution in [2.45, 2.75) is 43.9 Å². The molecule has 0 aromatic carbocycles. The van der Waals surface area contributed by atoms with Crippen LogP contribution in [0.5, 0.6) is 0 Å². The Balaban J connectivity index is 2.03. The highest BCUT2D eigenvalue weighted by molar-refractivity contribution is 7.99. The summed E-state index contributed by atoms with van der Waals surface area (Å²) >= 11 is 2.07. The quantitative estimate of drug-likeness (QED) is 0.669. The molecule has 0 bridgehead atoms. The summed E-state index contributed by atoms with van der Waals surface area (Å²) < 4.78 is 11.8. The van der Waals surface area contributed by atoms with E-state index in [1.54, 1.807) is 0 Å². The highest BCUT2D eigenvalue weighted by Gasteiger charge is 2.23. The van der Waals surface area contributed by atoms with Crippen molar-refractivity contribution in [3.05, 3.63) is 0 Å². The molecule has 1 N–H and O–H groups in total. The van der Waals surface area contributed by atoms with Crippen LogP contribution in [0.2, 0.25) is 0 Å². The van der Waals surface area contributed by atoms with Crippen LogP contribution >= 0.6 is 11.8 Å². The van der Waals surface area contributed by atoms with Crippen molar-refractivity contribution in [1.29, 1.82) is 0 Å². The zero-order valence-corrected chi connectivity index (χ0v) is 9.21. The lowest BCUT2D eigenvalue weighted by Crippen LogP contribution is -2.27. The molecule has 13 heavy (non-hydrogen) atoms. The number of nitrogens with one attached hydrogen (secondary N) is 1. The van der Waals surface area contributed by atoms with Crippen molar-refractivity contribution in [1.82, 2.24) is 5.32 Å². The predicted molar refractivity (Wildman–Crippen MR) is 58.2 cm³/mol. The average molecular weight is 205 g/mol. The normalized spacial score (nSPS) is 28.2. The fourth-order valence-electron chi connectivity index (χ4n) is 1.89. The first kappa shape index (κ1) is 11.3. The monoisotopic (exact) mass is 205 g/mol. The lowest BCUT2D eigenvalue weighted by molar-refractivity contribution is 0.437. The molecule has 0 aromatic heterocycles. The molecule has 1 aliphatic carbocycles. The minimum absolute atomic E-state index is 0.188. The molecule has 0 spiro atoms. The smallest absolute Gasteiger partial charge is 0.0906 e. The summed E-state index contributed by atoms with van der Waals surface area (Å²) in [6.45, 7) is 2.88. The molecule has 1 rings (SSSR count). The van der Waals surface area contributed by atoms with Gasteiger partial charge in [0.25, 0.3) is 0 Å². The Bertz CT molecular complexity index is 132. The predicted octanol–water partition coefficient (Wildman–Crippen LogP) is 2.61. The Morgan fingerprint density at radius 2 is 2.31 bits per heavy atom. The van der Waals surface area contributed by atoms with E-state index in [1.165, 1.54) is 25.0 Å². The Kier molecular flexibility index (Phi) is 5.80. The van der Waals surface area contributed by atoms with Gasteiger partial charge in [0.1, 0.15) is 0 Å². The first-order valence-electron chi connectivity index (χ1n) is 5.27. The van der Waals surface area contributed by atoms with Crippen LogP contribution in [0.25, 0.3) is 0 Å². The van der Waals surface area contributed by atoms with Gasteiger partial charge >= 0.3 is 0 Å². The number of thioether (sulfide) groups is 1. The Morgan fingerprint density at radius 3 is 3.00 bits per heavy atom. The van der Waals surface area contributed by atoms with Gasteiger partial charge in [0.15, 0.2) is 0 Å². The third-order valence-electron chi connectivity index (χ3n) is 2.53. The molecule has 1 aliphatic rings. The van der Waals surface area contributed by atoms with Crippen LogP contribution in [0.3, 0.4) is 0 Å². The summed E-state index contributed by atoms with van der Waals surface area (Å²) in [7, 11) is 0. The van der Waals surface area contributed by atoms with E-state index >= 15 is 0 Å². The van der Waals surface area contributed by atoms with Crippen LogP contribution < -0.4 is 5.32 Å². The molecule has 1 saturated carbocycles. The maximum Gasteiger partial charge on any atom is 0.0906 e. The Morgan fingerprint density at radius 1 is 1.46 bits per heavy atom. The van der Waals surface area contributed by atoms with E-state index in [4.69, 9.17) is 0 Å². The van der Waals surface area contributed by atoms with E-state index in [0.717, 1.165) is 11.8 Å². The summed E-state index contributed by atoms with van der Waals surface area (Å²) in [4.78, 5) is 0. The highest BCUT2D eigenvalue weighted by Crippen LogP contribution is 2.29. The standard InChI is InChI=1S/C10H20FNS/c1-2-13-10-5-4-9(8-10)12-7-3-6-11/h9-10,12H,2-8H2,1H3. The van der Waals surface area contributed by atoms with Gasteiger partial charge in [-0.2, -0.15) is 11.8 Å². The van der Waals surface area contributed by atoms with E-state index in [2.05, 4.69) is 24.0 Å². The van der Waals surface area contributed by atoms with Crippen LogP contribution in [0.1, 0.15) is 32.6 Å². The van der Waals surface area contributed by atoms with Gasteiger partial charge < -0.3 is 5.32 Å². The van der Waals surface area contributed by atoms with Crippen LogP contribution in [-0.4, -0.2) is 30.3 Å². The third-order valence-corrected chi connectivity index (χ3v) is 3.76. The molecular weight excluding hydrogens is 185 g/mol. The maximum atomic E-state index is 11.8. The molecule has 1 fully saturated rings. The number of hydrogen-bond donors (Lipinski definition) is 1. The molecule has 78 valence electrons. The number of rotatable bonds is 6. The molecule has 0 aromatic rings. The third kappa shape index (κ3) is 4.32. The van der Waals surface area contributed by atoms with E-state index in [0.29, 0.717) is 12.5 Å². The summed E-state index contributed by atoms with van der Waals surface area (Å²) in [5, 5.41) is 4.27. The average Bonchev–Trinajstić information content (AvgIpc) is 2.54. The number of hydrogen-bond acceptors (Lipinski definition) is 2. The molecule has 2 atom stereocenters. The van der Waals surface area contributed by atoms with Gasteiger partial charge in [-0.05, 0) is 38.0 Å². The van der Waals surface area contributed by atoms with Crippen molar-refractivity contribution in [2.75, 3.05) is 19.0 Å². The molecule has 0 saturated heterocycles. The van der Waals surface area contributed by atoms with Gasteiger partial charge in [-0.15, -0.1) is 0 Å². The molecule has 0 radical (unpaired) electrons. The summed E-state index contributed by atoms with van der Waals surface area (Å²) in [6, 6.07) is 0.663. The molecule has 2 unspecified atom stereocenters. The van der Waals surface area contributed by atoms with Crippen molar-refractivity contribution < 1.29 is 4.39 Å². The maximum absolute atomic E-state index is 11.8. The van der Waals surface area contributed by atoms with Crippen LogP contribution in [0.4, 0.5) is 4.39 Å². The fourth-order valence-corrected chi connectivity index (χ4v) is 3.03. The molecule has 0 amide bonds. The van der Waals surface area contributed by atoms with Gasteiger partial charge in [-0.1, -0.05) is 6.92 Å². The molecule has 0 aliphatic heterocycles. The van der Waals surface area contributed by atoms with Crippen molar-refractivity contribution >= 4 is 11.8 Å². The van der Waals surface area contributed by atoms with Crippen molar-refractivity contribution in [3.63, 3.8) is 0 Å². The van der Waals surface area contributed by atoms with Gasteiger partial charge in [0.05, 0.1) is 6.67 Å². The van der Waals surface area contributed by atoms with Crippen molar-refractivity contribution in [3.8, 4) is 0 Å². The first-order chi connectivity index (χ1) is 6.36. The van der Waals surface area contributed by atoms with Gasteiger partial charge in [0, 0.05) is 11.3 Å². The largest absolute Gasteiger partial charge is 0.314 e. The zero-order valence-electron chi connectivity index (χ0n) is 8.39. The van der Waals surface area contributed by atoms with Gasteiger partial charge in [0.2, 0.25) is 0 Å². The summed E-state index contributed by atoms with van der Waals surface area (Å²) in [5.41, 5.74) is 0. The number of alkyl halides is 1. The number of halogens is 1. The molecule has 3 heteroatoms. The molecule has 0 heterocycles. The lowest BCUT2D eigenvalue weighted by atomic mass is 10.2. The second-order valence-corrected chi connectivity index (χ2v) is 5.16. The second-order valence-electron chi connectivity index (χ2n) is 3.58. The van der Waals surface area contributed by atoms with E-state index < -0.39 is 0 Å². The lowest BCUT2D eigenvalue weighted by Gasteiger charge is -2.11. The minimum atomic E-state index is -0.188.